The molecule has 0 bridgehead atoms. The Balaban J connectivity index is 1.40. The van der Waals surface area contributed by atoms with E-state index in [0.717, 1.165) is 32.2 Å². The minimum atomic E-state index is -0.117. The molecule has 34 heavy (non-hydrogen) atoms. The Morgan fingerprint density at radius 3 is 2.56 bits per heavy atom. The normalized spacial score (nSPS) is 11.1. The van der Waals surface area contributed by atoms with Crippen LogP contribution in [0.2, 0.25) is 0 Å². The van der Waals surface area contributed by atoms with Gasteiger partial charge in [-0.1, -0.05) is 59.8 Å². The van der Waals surface area contributed by atoms with E-state index in [-0.39, 0.29) is 11.7 Å². The van der Waals surface area contributed by atoms with Crippen molar-refractivity contribution in [1.82, 2.24) is 19.7 Å². The number of benzene rings is 2. The number of thioether (sulfide) groups is 1. The average molecular weight is 486 g/mol. The van der Waals surface area contributed by atoms with Crippen LogP contribution in [0.4, 0.5) is 5.82 Å². The van der Waals surface area contributed by atoms with Gasteiger partial charge in [0.15, 0.2) is 0 Å². The maximum Gasteiger partial charge on any atom is 0.235 e. The molecule has 3 heterocycles. The molecule has 0 aliphatic carbocycles. The van der Waals surface area contributed by atoms with E-state index in [9.17, 15) is 4.79 Å². The van der Waals surface area contributed by atoms with Gasteiger partial charge in [0.05, 0.1) is 17.1 Å². The number of para-hydroxylation sites is 1. The molecule has 0 aliphatic heterocycles. The van der Waals surface area contributed by atoms with Crippen molar-refractivity contribution in [3.8, 4) is 16.9 Å². The SMILES string of the molecule is Cc1ccc(-c2cc(NC(=O)CSc3ncnc4sc(C)c(C)c34)n(-c3ccccc3)n2)cc1. The maximum absolute atomic E-state index is 13.0. The predicted octanol–water partition coefficient (Wildman–Crippen LogP) is 6.20. The zero-order valence-corrected chi connectivity index (χ0v) is 20.7. The smallest absolute Gasteiger partial charge is 0.235 e. The van der Waals surface area contributed by atoms with E-state index in [4.69, 9.17) is 5.10 Å². The minimum absolute atomic E-state index is 0.117. The highest BCUT2D eigenvalue weighted by molar-refractivity contribution is 8.00. The molecule has 0 spiro atoms. The first-order chi connectivity index (χ1) is 16.5. The second kappa shape index (κ2) is 9.40. The van der Waals surface area contributed by atoms with Crippen LogP contribution in [-0.4, -0.2) is 31.4 Å². The Morgan fingerprint density at radius 2 is 1.79 bits per heavy atom. The molecule has 0 fully saturated rings. The number of anilines is 1. The summed E-state index contributed by atoms with van der Waals surface area (Å²) in [5, 5.41) is 9.70. The Kier molecular flexibility index (Phi) is 6.17. The summed E-state index contributed by atoms with van der Waals surface area (Å²) in [4.78, 5) is 24.0. The fourth-order valence-electron chi connectivity index (χ4n) is 3.67. The molecule has 0 unspecified atom stereocenters. The third-order valence-electron chi connectivity index (χ3n) is 5.60. The monoisotopic (exact) mass is 485 g/mol. The van der Waals surface area contributed by atoms with E-state index in [1.807, 2.05) is 48.5 Å². The predicted molar refractivity (Wildman–Crippen MR) is 140 cm³/mol. The van der Waals surface area contributed by atoms with Crippen LogP contribution in [0.25, 0.3) is 27.2 Å². The van der Waals surface area contributed by atoms with Gasteiger partial charge in [-0.15, -0.1) is 11.3 Å². The molecule has 0 radical (unpaired) electrons. The molecule has 6 nitrogen and oxygen atoms in total. The van der Waals surface area contributed by atoms with Gasteiger partial charge in [0.25, 0.3) is 0 Å². The number of nitrogens with one attached hydrogen (secondary N) is 1. The fraction of sp³-hybridized carbons (Fsp3) is 0.154. The van der Waals surface area contributed by atoms with Crippen molar-refractivity contribution in [1.29, 1.82) is 0 Å². The number of hydrogen-bond donors (Lipinski definition) is 1. The van der Waals surface area contributed by atoms with Crippen LogP contribution in [0.1, 0.15) is 16.0 Å². The molecular weight excluding hydrogens is 462 g/mol. The van der Waals surface area contributed by atoms with Crippen LogP contribution in [0.15, 0.2) is 72.0 Å². The molecular formula is C26H23N5OS2. The van der Waals surface area contributed by atoms with Crippen molar-refractivity contribution < 1.29 is 4.79 Å². The molecule has 0 saturated heterocycles. The molecule has 1 N–H and O–H groups in total. The van der Waals surface area contributed by atoms with Gasteiger partial charge in [0.1, 0.15) is 22.0 Å². The Labute approximate surface area is 206 Å². The van der Waals surface area contributed by atoms with Crippen LogP contribution in [0.5, 0.6) is 0 Å². The Bertz CT molecular complexity index is 1470. The molecule has 170 valence electrons. The lowest BCUT2D eigenvalue weighted by Crippen LogP contribution is -2.17. The summed E-state index contributed by atoms with van der Waals surface area (Å²) in [6, 6.07) is 19.9. The molecule has 0 aliphatic rings. The molecule has 0 atom stereocenters. The number of nitrogens with zero attached hydrogens (tertiary/aromatic N) is 4. The number of rotatable bonds is 6. The minimum Gasteiger partial charge on any atom is -0.310 e. The molecule has 8 heteroatoms. The summed E-state index contributed by atoms with van der Waals surface area (Å²) < 4.78 is 1.77. The summed E-state index contributed by atoms with van der Waals surface area (Å²) in [6.07, 6.45) is 1.57. The van der Waals surface area contributed by atoms with Gasteiger partial charge in [-0.2, -0.15) is 5.10 Å². The third kappa shape index (κ3) is 4.47. The second-order valence-corrected chi connectivity index (χ2v) is 10.2. The highest BCUT2D eigenvalue weighted by Gasteiger charge is 2.16. The van der Waals surface area contributed by atoms with Crippen molar-refractivity contribution >= 4 is 45.0 Å². The molecule has 2 aromatic carbocycles. The van der Waals surface area contributed by atoms with E-state index in [0.29, 0.717) is 5.82 Å². The molecule has 1 amide bonds. The topological polar surface area (TPSA) is 72.7 Å². The summed E-state index contributed by atoms with van der Waals surface area (Å²) in [6.45, 7) is 6.21. The lowest BCUT2D eigenvalue weighted by Gasteiger charge is -2.09. The molecule has 3 aromatic heterocycles. The standard InChI is InChI=1S/C26H23N5OS2/c1-16-9-11-19(12-10-16)21-13-22(31(30-21)20-7-5-4-6-8-20)29-23(32)14-33-25-24-17(2)18(3)34-26(24)28-15-27-25/h4-13,15H,14H2,1-3H3,(H,29,32). The molecule has 5 rings (SSSR count). The van der Waals surface area contributed by atoms with Crippen molar-refractivity contribution in [2.75, 3.05) is 11.1 Å². The van der Waals surface area contributed by atoms with Gasteiger partial charge in [-0.25, -0.2) is 14.6 Å². The fourth-order valence-corrected chi connectivity index (χ4v) is 5.59. The number of aryl methyl sites for hydroxylation is 3. The number of hydrogen-bond acceptors (Lipinski definition) is 6. The lowest BCUT2D eigenvalue weighted by molar-refractivity contribution is -0.113. The summed E-state index contributed by atoms with van der Waals surface area (Å²) in [7, 11) is 0. The largest absolute Gasteiger partial charge is 0.310 e. The van der Waals surface area contributed by atoms with Gasteiger partial charge in [0.2, 0.25) is 5.91 Å². The van der Waals surface area contributed by atoms with Crippen molar-refractivity contribution in [3.05, 3.63) is 83.0 Å². The highest BCUT2D eigenvalue weighted by atomic mass is 32.2. The summed E-state index contributed by atoms with van der Waals surface area (Å²) >= 11 is 3.08. The maximum atomic E-state index is 13.0. The number of carbonyl (C=O) groups excluding carboxylic acids is 1. The first-order valence-corrected chi connectivity index (χ1v) is 12.7. The Hall–Kier alpha value is -3.49. The quantitative estimate of drug-likeness (QED) is 0.229. The van der Waals surface area contributed by atoms with Crippen LogP contribution in [0.3, 0.4) is 0 Å². The van der Waals surface area contributed by atoms with Gasteiger partial charge in [-0.05, 0) is 38.5 Å². The highest BCUT2D eigenvalue weighted by Crippen LogP contribution is 2.34. The first kappa shape index (κ1) is 22.3. The van der Waals surface area contributed by atoms with E-state index in [1.165, 1.54) is 27.8 Å². The van der Waals surface area contributed by atoms with Gasteiger partial charge >= 0.3 is 0 Å². The molecule has 0 saturated carbocycles. The van der Waals surface area contributed by atoms with Gasteiger partial charge in [0, 0.05) is 21.9 Å². The van der Waals surface area contributed by atoms with E-state index in [2.05, 4.69) is 48.2 Å². The average Bonchev–Trinajstić information content (AvgIpc) is 3.39. The van der Waals surface area contributed by atoms with Crippen LogP contribution < -0.4 is 5.32 Å². The number of fused-ring (bicyclic) bond motifs is 1. The van der Waals surface area contributed by atoms with E-state index >= 15 is 0 Å². The molecule has 5 aromatic rings. The zero-order valence-electron chi connectivity index (χ0n) is 19.1. The lowest BCUT2D eigenvalue weighted by atomic mass is 10.1. The first-order valence-electron chi connectivity index (χ1n) is 10.9. The number of carbonyl (C=O) groups is 1. The van der Waals surface area contributed by atoms with Crippen LogP contribution >= 0.6 is 23.1 Å². The van der Waals surface area contributed by atoms with E-state index < -0.39 is 0 Å². The van der Waals surface area contributed by atoms with Gasteiger partial charge in [-0.3, -0.25) is 4.79 Å². The summed E-state index contributed by atoms with van der Waals surface area (Å²) in [5.41, 5.74) is 5.04. The van der Waals surface area contributed by atoms with Crippen LogP contribution in [-0.2, 0) is 4.79 Å². The third-order valence-corrected chi connectivity index (χ3v) is 7.70. The van der Waals surface area contributed by atoms with Crippen molar-refractivity contribution in [2.24, 2.45) is 0 Å². The number of thiophene rings is 1. The summed E-state index contributed by atoms with van der Waals surface area (Å²) in [5.74, 6) is 0.747. The van der Waals surface area contributed by atoms with E-state index in [1.54, 1.807) is 22.3 Å². The van der Waals surface area contributed by atoms with Crippen molar-refractivity contribution in [2.45, 2.75) is 25.8 Å². The Morgan fingerprint density at radius 1 is 1.03 bits per heavy atom. The second-order valence-electron chi connectivity index (χ2n) is 8.01. The number of amides is 1. The van der Waals surface area contributed by atoms with Crippen molar-refractivity contribution in [3.63, 3.8) is 0 Å². The zero-order chi connectivity index (χ0) is 23.7. The van der Waals surface area contributed by atoms with Gasteiger partial charge < -0.3 is 5.32 Å². The van der Waals surface area contributed by atoms with Crippen LogP contribution in [0, 0.1) is 20.8 Å². The number of aromatic nitrogens is 4.